The van der Waals surface area contributed by atoms with Crippen LogP contribution in [0, 0.1) is 0 Å². The molecule has 50 heavy (non-hydrogen) atoms. The molecule has 0 amide bonds. The second kappa shape index (κ2) is 12.1. The standard InChI is InChI=1S/C43H31N3O4/c1-26(44-50-28(3)48)29-12-18-33(19-13-29)46-41-22-16-31(27(2)47)24-37(41)38-25-32(17-23-42(38)46)43(49)30-14-20-34(21-15-30)45-39-10-6-4-8-35(39)36-9-5-7-11-40(36)45/h4-25,44H,1H2,2-3H3. The Morgan fingerprint density at radius 2 is 0.960 bits per heavy atom. The summed E-state index contributed by atoms with van der Waals surface area (Å²) >= 11 is 0. The maximum atomic E-state index is 14.0. The van der Waals surface area contributed by atoms with Crippen LogP contribution in [0.2, 0.25) is 0 Å². The van der Waals surface area contributed by atoms with Crippen molar-refractivity contribution in [1.29, 1.82) is 0 Å². The molecular weight excluding hydrogens is 622 g/mol. The van der Waals surface area contributed by atoms with Crippen molar-refractivity contribution >= 4 is 66.8 Å². The van der Waals surface area contributed by atoms with Crippen molar-refractivity contribution in [3.05, 3.63) is 162 Å². The molecule has 0 saturated heterocycles. The van der Waals surface area contributed by atoms with Gasteiger partial charge in [-0.1, -0.05) is 55.1 Å². The molecule has 2 aromatic heterocycles. The minimum atomic E-state index is -0.466. The Morgan fingerprint density at radius 3 is 1.48 bits per heavy atom. The highest BCUT2D eigenvalue weighted by Gasteiger charge is 2.18. The van der Waals surface area contributed by atoms with E-state index in [1.54, 1.807) is 6.92 Å². The lowest BCUT2D eigenvalue weighted by Gasteiger charge is -2.11. The molecule has 8 aromatic rings. The monoisotopic (exact) mass is 653 g/mol. The highest BCUT2D eigenvalue weighted by atomic mass is 16.7. The molecule has 0 unspecified atom stereocenters. The first-order chi connectivity index (χ1) is 24.3. The number of ketones is 2. The second-order valence-electron chi connectivity index (χ2n) is 12.3. The quantitative estimate of drug-likeness (QED) is 0.131. The molecule has 0 spiro atoms. The van der Waals surface area contributed by atoms with Crippen LogP contribution in [0.5, 0.6) is 0 Å². The number of carbonyl (C=O) groups is 3. The normalized spacial score (nSPS) is 11.3. The van der Waals surface area contributed by atoms with Gasteiger partial charge in [0.15, 0.2) is 11.6 Å². The number of para-hydroxylation sites is 2. The van der Waals surface area contributed by atoms with Gasteiger partial charge in [-0.15, -0.1) is 0 Å². The molecule has 0 fully saturated rings. The van der Waals surface area contributed by atoms with E-state index in [4.69, 9.17) is 4.84 Å². The number of rotatable bonds is 8. The Bertz CT molecular complexity index is 2630. The fourth-order valence-electron chi connectivity index (χ4n) is 6.80. The lowest BCUT2D eigenvalue weighted by Crippen LogP contribution is -2.15. The van der Waals surface area contributed by atoms with Crippen molar-refractivity contribution in [3.8, 4) is 11.4 Å². The second-order valence-corrected chi connectivity index (χ2v) is 12.3. The highest BCUT2D eigenvalue weighted by Crippen LogP contribution is 2.35. The van der Waals surface area contributed by atoms with Crippen LogP contribution < -0.4 is 5.48 Å². The van der Waals surface area contributed by atoms with Crippen LogP contribution in [0.3, 0.4) is 0 Å². The summed E-state index contributed by atoms with van der Waals surface area (Å²) in [6, 6.07) is 43.5. The van der Waals surface area contributed by atoms with Gasteiger partial charge in [0.05, 0.1) is 27.8 Å². The van der Waals surface area contributed by atoms with Gasteiger partial charge < -0.3 is 14.0 Å². The van der Waals surface area contributed by atoms with E-state index in [1.165, 1.54) is 17.7 Å². The number of nitrogens with one attached hydrogen (secondary N) is 1. The van der Waals surface area contributed by atoms with Gasteiger partial charge in [-0.3, -0.25) is 14.4 Å². The topological polar surface area (TPSA) is 82.3 Å². The smallest absolute Gasteiger partial charge is 0.329 e. The molecule has 242 valence electrons. The molecule has 6 aromatic carbocycles. The minimum Gasteiger partial charge on any atom is -0.344 e. The molecule has 7 nitrogen and oxygen atoms in total. The van der Waals surface area contributed by atoms with Gasteiger partial charge in [0.1, 0.15) is 0 Å². The zero-order valence-corrected chi connectivity index (χ0v) is 27.4. The highest BCUT2D eigenvalue weighted by molar-refractivity contribution is 6.16. The SMILES string of the molecule is C=C(NOC(C)=O)c1ccc(-n2c3ccc(C(C)=O)cc3c3cc(C(=O)c4ccc(-n5c6ccccc6c6ccccc65)cc4)ccc32)cc1. The van der Waals surface area contributed by atoms with Gasteiger partial charge in [-0.25, -0.2) is 5.48 Å². The number of Topliss-reactive ketones (excluding diaryl/α,β-unsaturated/α-hetero) is 1. The molecule has 0 atom stereocenters. The Kier molecular flexibility index (Phi) is 7.38. The number of hydrogen-bond acceptors (Lipinski definition) is 5. The van der Waals surface area contributed by atoms with Crippen LogP contribution in [-0.2, 0) is 9.63 Å². The molecule has 0 radical (unpaired) electrons. The number of aromatic nitrogens is 2. The van der Waals surface area contributed by atoms with E-state index in [0.717, 1.165) is 49.8 Å². The molecule has 7 heteroatoms. The lowest BCUT2D eigenvalue weighted by molar-refractivity contribution is -0.145. The van der Waals surface area contributed by atoms with Gasteiger partial charge in [0, 0.05) is 62.1 Å². The maximum absolute atomic E-state index is 14.0. The summed E-state index contributed by atoms with van der Waals surface area (Å²) < 4.78 is 4.33. The van der Waals surface area contributed by atoms with Crippen molar-refractivity contribution < 1.29 is 19.2 Å². The Morgan fingerprint density at radius 1 is 0.520 bits per heavy atom. The van der Waals surface area contributed by atoms with Crippen molar-refractivity contribution in [2.24, 2.45) is 0 Å². The Hall–Kier alpha value is -6.73. The largest absolute Gasteiger partial charge is 0.344 e. The molecule has 1 N–H and O–H groups in total. The fourth-order valence-corrected chi connectivity index (χ4v) is 6.80. The maximum Gasteiger partial charge on any atom is 0.329 e. The number of nitrogens with zero attached hydrogens (tertiary/aromatic N) is 2. The zero-order valence-electron chi connectivity index (χ0n) is 27.4. The molecule has 0 saturated carbocycles. The van der Waals surface area contributed by atoms with Crippen molar-refractivity contribution in [2.75, 3.05) is 0 Å². The summed E-state index contributed by atoms with van der Waals surface area (Å²) in [6.45, 7) is 6.81. The van der Waals surface area contributed by atoms with Gasteiger partial charge >= 0.3 is 5.97 Å². The third-order valence-corrected chi connectivity index (χ3v) is 9.19. The first-order valence-electron chi connectivity index (χ1n) is 16.2. The van der Waals surface area contributed by atoms with E-state index in [2.05, 4.69) is 57.6 Å². The third-order valence-electron chi connectivity index (χ3n) is 9.19. The number of hydroxylamine groups is 1. The van der Waals surface area contributed by atoms with Crippen LogP contribution in [0.25, 0.3) is 60.7 Å². The van der Waals surface area contributed by atoms with Crippen LogP contribution in [0.15, 0.2) is 140 Å². The number of carbonyl (C=O) groups excluding carboxylic acids is 3. The van der Waals surface area contributed by atoms with Crippen LogP contribution in [0.4, 0.5) is 0 Å². The van der Waals surface area contributed by atoms with E-state index < -0.39 is 5.97 Å². The average molecular weight is 654 g/mol. The Balaban J connectivity index is 1.18. The summed E-state index contributed by atoms with van der Waals surface area (Å²) in [6.07, 6.45) is 0. The predicted octanol–water partition coefficient (Wildman–Crippen LogP) is 9.35. The summed E-state index contributed by atoms with van der Waals surface area (Å²) in [5.74, 6) is -0.591. The lowest BCUT2D eigenvalue weighted by atomic mass is 10.00. The van der Waals surface area contributed by atoms with Gasteiger partial charge in [-0.05, 0) is 91.9 Å². The summed E-state index contributed by atoms with van der Waals surface area (Å²) in [7, 11) is 0. The van der Waals surface area contributed by atoms with Crippen molar-refractivity contribution in [1.82, 2.24) is 14.6 Å². The van der Waals surface area contributed by atoms with E-state index in [1.807, 2.05) is 97.1 Å². The summed E-state index contributed by atoms with van der Waals surface area (Å²) in [5.41, 5.74) is 11.4. The summed E-state index contributed by atoms with van der Waals surface area (Å²) in [5, 5.41) is 4.09. The van der Waals surface area contributed by atoms with E-state index in [0.29, 0.717) is 22.4 Å². The van der Waals surface area contributed by atoms with E-state index in [-0.39, 0.29) is 11.6 Å². The molecular formula is C43H31N3O4. The van der Waals surface area contributed by atoms with Crippen LogP contribution in [-0.4, -0.2) is 26.7 Å². The van der Waals surface area contributed by atoms with Crippen LogP contribution >= 0.6 is 0 Å². The first kappa shape index (κ1) is 30.6. The number of benzene rings is 6. The van der Waals surface area contributed by atoms with Crippen LogP contribution in [0.1, 0.15) is 45.7 Å². The van der Waals surface area contributed by atoms with Crippen molar-refractivity contribution in [2.45, 2.75) is 13.8 Å². The van der Waals surface area contributed by atoms with Gasteiger partial charge in [-0.2, -0.15) is 0 Å². The average Bonchev–Trinajstić information content (AvgIpc) is 3.66. The summed E-state index contributed by atoms with van der Waals surface area (Å²) in [4.78, 5) is 42.5. The zero-order chi connectivity index (χ0) is 34.5. The van der Waals surface area contributed by atoms with Crippen molar-refractivity contribution in [3.63, 3.8) is 0 Å². The molecule has 8 rings (SSSR count). The first-order valence-corrected chi connectivity index (χ1v) is 16.2. The molecule has 2 heterocycles. The van der Waals surface area contributed by atoms with Gasteiger partial charge in [0.2, 0.25) is 0 Å². The van der Waals surface area contributed by atoms with Gasteiger partial charge in [0.25, 0.3) is 0 Å². The Labute approximate surface area is 287 Å². The third kappa shape index (κ3) is 5.13. The number of fused-ring (bicyclic) bond motifs is 6. The van der Waals surface area contributed by atoms with E-state index in [9.17, 15) is 14.4 Å². The predicted molar refractivity (Wildman–Crippen MR) is 199 cm³/mol. The fraction of sp³-hybridized carbons (Fsp3) is 0.0465. The molecule has 0 aliphatic rings. The molecule has 0 bridgehead atoms. The molecule has 0 aliphatic carbocycles. The minimum absolute atomic E-state index is 0.0356. The number of hydrogen-bond donors (Lipinski definition) is 1. The van der Waals surface area contributed by atoms with E-state index >= 15 is 0 Å². The molecule has 0 aliphatic heterocycles.